The number of carbonyl (C=O) groups is 1. The highest BCUT2D eigenvalue weighted by Crippen LogP contribution is 2.40. The molecule has 0 heterocycles. The normalized spacial score (nSPS) is 12.2. The number of rotatable bonds is 8. The second-order valence-electron chi connectivity index (χ2n) is 12.3. The molecule has 0 radical (unpaired) electrons. The Morgan fingerprint density at radius 2 is 1.50 bits per heavy atom. The first-order valence-corrected chi connectivity index (χ1v) is 13.8. The Bertz CT molecular complexity index is 1480. The molecule has 2 N–H and O–H groups in total. The smallest absolute Gasteiger partial charge is 0.240 e. The van der Waals surface area contributed by atoms with Gasteiger partial charge in [0.1, 0.15) is 18.1 Å². The van der Waals surface area contributed by atoms with E-state index < -0.39 is 0 Å². The number of fused-ring (bicyclic) bond motifs is 1. The lowest BCUT2D eigenvalue weighted by Crippen LogP contribution is -2.20. The highest BCUT2D eigenvalue weighted by atomic mass is 16.5. The van der Waals surface area contributed by atoms with Gasteiger partial charge in [0.2, 0.25) is 5.91 Å². The maximum absolute atomic E-state index is 12.7. The van der Waals surface area contributed by atoms with Crippen LogP contribution < -0.4 is 10.2 Å². The first kappa shape index (κ1) is 28.9. The van der Waals surface area contributed by atoms with Crippen molar-refractivity contribution in [3.8, 4) is 11.5 Å². The number of nitrogens with one attached hydrogen (secondary N) is 1. The molecule has 0 aliphatic rings. The van der Waals surface area contributed by atoms with Crippen LogP contribution in [0.1, 0.15) is 75.8 Å². The van der Waals surface area contributed by atoms with Gasteiger partial charge >= 0.3 is 0 Å². The van der Waals surface area contributed by atoms with Crippen LogP contribution in [-0.2, 0) is 28.7 Å². The molecule has 0 aliphatic carbocycles. The van der Waals surface area contributed by atoms with Gasteiger partial charge in [-0.2, -0.15) is 5.10 Å². The second kappa shape index (κ2) is 12.0. The molecular formula is C35H40N2O3. The van der Waals surface area contributed by atoms with Crippen molar-refractivity contribution in [2.75, 3.05) is 0 Å². The molecule has 4 rings (SSSR count). The van der Waals surface area contributed by atoms with Crippen LogP contribution >= 0.6 is 0 Å². The average Bonchev–Trinajstić information content (AvgIpc) is 2.90. The number of amides is 1. The van der Waals surface area contributed by atoms with Gasteiger partial charge in [0, 0.05) is 12.0 Å². The van der Waals surface area contributed by atoms with Gasteiger partial charge in [-0.1, -0.05) is 108 Å². The van der Waals surface area contributed by atoms with Crippen LogP contribution in [0.5, 0.6) is 11.5 Å². The molecule has 0 spiro atoms. The highest BCUT2D eigenvalue weighted by molar-refractivity contribution is 5.86. The third kappa shape index (κ3) is 7.09. The first-order chi connectivity index (χ1) is 18.9. The molecule has 0 aromatic heterocycles. The molecule has 0 atom stereocenters. The van der Waals surface area contributed by atoms with E-state index in [9.17, 15) is 9.90 Å². The van der Waals surface area contributed by atoms with Gasteiger partial charge in [0.15, 0.2) is 0 Å². The fourth-order valence-corrected chi connectivity index (χ4v) is 4.76. The van der Waals surface area contributed by atoms with Crippen molar-refractivity contribution in [1.82, 2.24) is 5.43 Å². The Morgan fingerprint density at radius 1 is 0.875 bits per heavy atom. The van der Waals surface area contributed by atoms with Gasteiger partial charge in [-0.3, -0.25) is 4.79 Å². The summed E-state index contributed by atoms with van der Waals surface area (Å²) in [7, 11) is 0. The second-order valence-corrected chi connectivity index (χ2v) is 12.3. The molecule has 4 aromatic carbocycles. The monoisotopic (exact) mass is 536 g/mol. The van der Waals surface area contributed by atoms with Crippen molar-refractivity contribution in [1.29, 1.82) is 0 Å². The predicted octanol–water partition coefficient (Wildman–Crippen LogP) is 7.80. The van der Waals surface area contributed by atoms with Gasteiger partial charge in [-0.25, -0.2) is 5.43 Å². The molecule has 0 aliphatic heterocycles. The number of carbonyl (C=O) groups excluding carboxylic acids is 1. The fourth-order valence-electron chi connectivity index (χ4n) is 4.76. The SMILES string of the molecule is CC(C)(C)c1cc(CCC(=O)N/N=C/c2ccccc2OCc2cccc3ccccc23)cc(C(C)(C)C)c1O. The van der Waals surface area contributed by atoms with Crippen LogP contribution in [0.2, 0.25) is 0 Å². The number of hydrogen-bond donors (Lipinski definition) is 2. The number of benzene rings is 4. The van der Waals surface area contributed by atoms with Crippen molar-refractivity contribution in [3.63, 3.8) is 0 Å². The number of aryl methyl sites for hydroxylation is 1. The lowest BCUT2D eigenvalue weighted by Gasteiger charge is -2.28. The standard InChI is InChI=1S/C35H40N2O3/c1-34(2,3)29-20-24(21-30(33(29)39)35(4,5)6)18-19-32(38)37-36-22-26-13-8-10-17-31(26)40-23-27-15-11-14-25-12-7-9-16-28(25)27/h7-17,20-22,39H,18-19,23H2,1-6H3,(H,37,38)/b36-22+. The van der Waals surface area contributed by atoms with Gasteiger partial charge < -0.3 is 9.84 Å². The summed E-state index contributed by atoms with van der Waals surface area (Å²) < 4.78 is 6.16. The van der Waals surface area contributed by atoms with Gasteiger partial charge in [0.05, 0.1) is 6.21 Å². The number of aromatic hydroxyl groups is 1. The van der Waals surface area contributed by atoms with Crippen molar-refractivity contribution in [2.24, 2.45) is 5.10 Å². The van der Waals surface area contributed by atoms with E-state index in [-0.39, 0.29) is 23.2 Å². The highest BCUT2D eigenvalue weighted by Gasteiger charge is 2.26. The van der Waals surface area contributed by atoms with Gasteiger partial charge in [-0.15, -0.1) is 0 Å². The third-order valence-electron chi connectivity index (χ3n) is 7.00. The van der Waals surface area contributed by atoms with Crippen molar-refractivity contribution >= 4 is 22.9 Å². The molecule has 40 heavy (non-hydrogen) atoms. The largest absolute Gasteiger partial charge is 0.507 e. The zero-order valence-electron chi connectivity index (χ0n) is 24.4. The topological polar surface area (TPSA) is 70.9 Å². The fraction of sp³-hybridized carbons (Fsp3) is 0.314. The van der Waals surface area contributed by atoms with Gasteiger partial charge in [-0.05, 0) is 62.4 Å². The number of phenols is 1. The first-order valence-electron chi connectivity index (χ1n) is 13.8. The minimum Gasteiger partial charge on any atom is -0.507 e. The Morgan fingerprint density at radius 3 is 2.20 bits per heavy atom. The van der Waals surface area contributed by atoms with Crippen molar-refractivity contribution in [2.45, 2.75) is 71.8 Å². The predicted molar refractivity (Wildman–Crippen MR) is 164 cm³/mol. The molecule has 0 saturated heterocycles. The summed E-state index contributed by atoms with van der Waals surface area (Å²) in [4.78, 5) is 12.7. The zero-order valence-corrected chi connectivity index (χ0v) is 24.4. The summed E-state index contributed by atoms with van der Waals surface area (Å²) in [6, 6.07) is 26.1. The van der Waals surface area contributed by atoms with Crippen LogP contribution in [0.15, 0.2) is 84.0 Å². The van der Waals surface area contributed by atoms with Gasteiger partial charge in [0.25, 0.3) is 0 Å². The van der Waals surface area contributed by atoms with Crippen LogP contribution in [0.4, 0.5) is 0 Å². The summed E-state index contributed by atoms with van der Waals surface area (Å²) in [5.74, 6) is 0.870. The maximum atomic E-state index is 12.7. The van der Waals surface area contributed by atoms with Crippen LogP contribution in [0.3, 0.4) is 0 Å². The lowest BCUT2D eigenvalue weighted by molar-refractivity contribution is -0.121. The quantitative estimate of drug-likeness (QED) is 0.178. The molecule has 0 bridgehead atoms. The molecule has 0 fully saturated rings. The van der Waals surface area contributed by atoms with E-state index in [1.165, 1.54) is 10.8 Å². The number of hydrogen-bond acceptors (Lipinski definition) is 4. The van der Waals surface area contributed by atoms with E-state index in [1.807, 2.05) is 54.6 Å². The Balaban J connectivity index is 1.40. The van der Waals surface area contributed by atoms with E-state index in [1.54, 1.807) is 6.21 Å². The lowest BCUT2D eigenvalue weighted by atomic mass is 9.78. The number of hydrazone groups is 1. The van der Waals surface area contributed by atoms with Crippen molar-refractivity contribution in [3.05, 3.63) is 107 Å². The molecule has 5 heteroatoms. The van der Waals surface area contributed by atoms with E-state index >= 15 is 0 Å². The summed E-state index contributed by atoms with van der Waals surface area (Å²) in [6.07, 6.45) is 2.46. The zero-order chi connectivity index (χ0) is 28.9. The molecule has 4 aromatic rings. The number of nitrogens with zero attached hydrogens (tertiary/aromatic N) is 1. The molecule has 5 nitrogen and oxygen atoms in total. The summed E-state index contributed by atoms with van der Waals surface area (Å²) in [6.45, 7) is 12.9. The van der Waals surface area contributed by atoms with Crippen LogP contribution in [0, 0.1) is 0 Å². The molecule has 208 valence electrons. The minimum absolute atomic E-state index is 0.173. The molecule has 0 unspecified atom stereocenters. The van der Waals surface area contributed by atoms with Crippen LogP contribution in [0.25, 0.3) is 10.8 Å². The Labute approximate surface area is 237 Å². The maximum Gasteiger partial charge on any atom is 0.240 e. The number of phenolic OH excluding ortho intramolecular Hbond substituents is 1. The summed E-state index contributed by atoms with van der Waals surface area (Å²) >= 11 is 0. The van der Waals surface area contributed by atoms with E-state index in [2.05, 4.69) is 76.3 Å². The van der Waals surface area contributed by atoms with E-state index in [4.69, 9.17) is 4.74 Å². The van der Waals surface area contributed by atoms with Crippen molar-refractivity contribution < 1.29 is 14.6 Å². The average molecular weight is 537 g/mol. The molecule has 0 saturated carbocycles. The third-order valence-corrected chi connectivity index (χ3v) is 7.00. The van der Waals surface area contributed by atoms with E-state index in [0.29, 0.717) is 24.5 Å². The number of ether oxygens (including phenoxy) is 1. The Kier molecular flexibility index (Phi) is 8.63. The molecular weight excluding hydrogens is 496 g/mol. The van der Waals surface area contributed by atoms with Crippen LogP contribution in [-0.4, -0.2) is 17.2 Å². The Hall–Kier alpha value is -4.12. The molecule has 1 amide bonds. The summed E-state index contributed by atoms with van der Waals surface area (Å²) in [5.41, 5.74) is 6.94. The number of para-hydroxylation sites is 1. The van der Waals surface area contributed by atoms with E-state index in [0.717, 1.165) is 27.8 Å². The minimum atomic E-state index is -0.213. The summed E-state index contributed by atoms with van der Waals surface area (Å²) in [5, 5.41) is 17.5.